The number of para-hydroxylation sites is 1. The highest BCUT2D eigenvalue weighted by Crippen LogP contribution is 2.40. The van der Waals surface area contributed by atoms with Crippen molar-refractivity contribution >= 4 is 22.0 Å². The van der Waals surface area contributed by atoms with Crippen LogP contribution in [0.4, 0.5) is 5.69 Å². The molecule has 172 valence electrons. The molecule has 5 rings (SSSR count). The number of rotatable bonds is 7. The fourth-order valence-electron chi connectivity index (χ4n) is 4.44. The molecule has 1 N–H and O–H groups in total. The first-order valence-corrected chi connectivity index (χ1v) is 12.3. The van der Waals surface area contributed by atoms with Gasteiger partial charge in [-0.3, -0.25) is 4.90 Å². The number of aryl methyl sites for hydroxylation is 1. The van der Waals surface area contributed by atoms with E-state index in [-0.39, 0.29) is 11.9 Å². The zero-order valence-corrected chi connectivity index (χ0v) is 19.8. The van der Waals surface area contributed by atoms with Crippen molar-refractivity contribution in [2.24, 2.45) is 0 Å². The molecule has 8 heteroatoms. The largest absolute Gasteiger partial charge is 0.494 e. The van der Waals surface area contributed by atoms with Crippen molar-refractivity contribution in [3.8, 4) is 11.6 Å². The second-order valence-corrected chi connectivity index (χ2v) is 9.14. The number of aromatic nitrogens is 3. The van der Waals surface area contributed by atoms with E-state index in [1.54, 1.807) is 4.52 Å². The molecule has 1 aliphatic rings. The lowest BCUT2D eigenvalue weighted by Crippen LogP contribution is -2.47. The molecule has 0 amide bonds. The van der Waals surface area contributed by atoms with Crippen LogP contribution < -0.4 is 9.64 Å². The predicted octanol–water partition coefficient (Wildman–Crippen LogP) is 4.37. The van der Waals surface area contributed by atoms with Gasteiger partial charge < -0.3 is 14.7 Å². The summed E-state index contributed by atoms with van der Waals surface area (Å²) in [4.78, 5) is 11.1. The highest BCUT2D eigenvalue weighted by Gasteiger charge is 2.31. The van der Waals surface area contributed by atoms with E-state index in [4.69, 9.17) is 4.74 Å². The maximum Gasteiger partial charge on any atom is 0.230 e. The Hall–Kier alpha value is -3.10. The number of piperazine rings is 1. The lowest BCUT2D eigenvalue weighted by atomic mass is 10.0. The molecule has 0 saturated carbocycles. The first-order chi connectivity index (χ1) is 16.2. The van der Waals surface area contributed by atoms with Gasteiger partial charge in [0.25, 0.3) is 0 Å². The zero-order chi connectivity index (χ0) is 22.8. The average molecular weight is 464 g/mol. The van der Waals surface area contributed by atoms with E-state index in [0.717, 1.165) is 59.6 Å². The molecule has 0 unspecified atom stereocenters. The van der Waals surface area contributed by atoms with Crippen molar-refractivity contribution in [1.29, 1.82) is 0 Å². The lowest BCUT2D eigenvalue weighted by Gasteiger charge is -2.40. The maximum atomic E-state index is 11.1. The second-order valence-electron chi connectivity index (χ2n) is 8.13. The molecule has 0 aliphatic carbocycles. The summed E-state index contributed by atoms with van der Waals surface area (Å²) in [6, 6.07) is 18.7. The van der Waals surface area contributed by atoms with Crippen LogP contribution in [0.3, 0.4) is 0 Å². The fraction of sp³-hybridized carbons (Fsp3) is 0.360. The SMILES string of the molecule is CCOc1ccc([C@H](c2sc3nc(CC)nn3c2O)N2CCN(c3ccccc3)CC2)cc1. The third-order valence-electron chi connectivity index (χ3n) is 6.12. The molecular weight excluding hydrogens is 434 g/mol. The summed E-state index contributed by atoms with van der Waals surface area (Å²) in [5, 5.41) is 15.6. The van der Waals surface area contributed by atoms with Gasteiger partial charge >= 0.3 is 0 Å². The molecule has 7 nitrogen and oxygen atoms in total. The Morgan fingerprint density at radius 1 is 1.00 bits per heavy atom. The van der Waals surface area contributed by atoms with E-state index in [1.165, 1.54) is 17.0 Å². The highest BCUT2D eigenvalue weighted by molar-refractivity contribution is 7.17. The van der Waals surface area contributed by atoms with E-state index >= 15 is 0 Å². The monoisotopic (exact) mass is 463 g/mol. The van der Waals surface area contributed by atoms with Crippen LogP contribution in [0.2, 0.25) is 0 Å². The Labute approximate surface area is 197 Å². The van der Waals surface area contributed by atoms with E-state index in [2.05, 4.69) is 62.3 Å². The van der Waals surface area contributed by atoms with Gasteiger partial charge in [-0.2, -0.15) is 4.52 Å². The number of fused-ring (bicyclic) bond motifs is 1. The molecule has 1 fully saturated rings. The minimum absolute atomic E-state index is 0.0721. The van der Waals surface area contributed by atoms with E-state index in [0.29, 0.717) is 6.61 Å². The molecular formula is C25H29N5O2S. The van der Waals surface area contributed by atoms with Gasteiger partial charge in [0.1, 0.15) is 5.75 Å². The van der Waals surface area contributed by atoms with Crippen LogP contribution in [0.15, 0.2) is 54.6 Å². The molecule has 0 spiro atoms. The Balaban J connectivity index is 1.47. The summed E-state index contributed by atoms with van der Waals surface area (Å²) < 4.78 is 7.23. The van der Waals surface area contributed by atoms with Gasteiger partial charge in [-0.05, 0) is 36.8 Å². The van der Waals surface area contributed by atoms with Crippen LogP contribution in [-0.4, -0.2) is 57.4 Å². The van der Waals surface area contributed by atoms with Crippen LogP contribution in [0.5, 0.6) is 11.6 Å². The van der Waals surface area contributed by atoms with Crippen molar-refractivity contribution in [2.45, 2.75) is 26.3 Å². The van der Waals surface area contributed by atoms with E-state index in [1.807, 2.05) is 26.0 Å². The number of benzene rings is 2. The Morgan fingerprint density at radius 3 is 2.36 bits per heavy atom. The zero-order valence-electron chi connectivity index (χ0n) is 19.0. The van der Waals surface area contributed by atoms with E-state index < -0.39 is 0 Å². The van der Waals surface area contributed by atoms with Crippen molar-refractivity contribution in [3.63, 3.8) is 0 Å². The quantitative estimate of drug-likeness (QED) is 0.439. The average Bonchev–Trinajstić information content (AvgIpc) is 3.40. The van der Waals surface area contributed by atoms with Crippen LogP contribution in [-0.2, 0) is 6.42 Å². The summed E-state index contributed by atoms with van der Waals surface area (Å²) in [7, 11) is 0. The minimum Gasteiger partial charge on any atom is -0.494 e. The second kappa shape index (κ2) is 9.41. The van der Waals surface area contributed by atoms with Gasteiger partial charge in [-0.25, -0.2) is 4.98 Å². The van der Waals surface area contributed by atoms with Crippen molar-refractivity contribution in [3.05, 3.63) is 70.9 Å². The van der Waals surface area contributed by atoms with E-state index in [9.17, 15) is 5.11 Å². The smallest absolute Gasteiger partial charge is 0.230 e. The van der Waals surface area contributed by atoms with Gasteiger partial charge in [0, 0.05) is 38.3 Å². The van der Waals surface area contributed by atoms with Crippen LogP contribution in [0, 0.1) is 0 Å². The first-order valence-electron chi connectivity index (χ1n) is 11.5. The van der Waals surface area contributed by atoms with Crippen LogP contribution in [0.25, 0.3) is 4.96 Å². The third kappa shape index (κ3) is 4.28. The van der Waals surface area contributed by atoms with Gasteiger partial charge in [-0.1, -0.05) is 48.6 Å². The summed E-state index contributed by atoms with van der Waals surface area (Å²) in [6.07, 6.45) is 0.743. The molecule has 0 radical (unpaired) electrons. The Morgan fingerprint density at radius 2 is 1.73 bits per heavy atom. The number of anilines is 1. The molecule has 3 heterocycles. The third-order valence-corrected chi connectivity index (χ3v) is 7.19. The van der Waals surface area contributed by atoms with Gasteiger partial charge in [0.2, 0.25) is 10.8 Å². The molecule has 1 atom stereocenters. The number of hydrogen-bond donors (Lipinski definition) is 1. The summed E-state index contributed by atoms with van der Waals surface area (Å²) in [5.41, 5.74) is 2.38. The molecule has 1 aliphatic heterocycles. The predicted molar refractivity (Wildman–Crippen MR) is 132 cm³/mol. The molecule has 0 bridgehead atoms. The summed E-state index contributed by atoms with van der Waals surface area (Å²) in [6.45, 7) is 8.28. The number of thiazole rings is 1. The number of aromatic hydroxyl groups is 1. The van der Waals surface area contributed by atoms with Gasteiger partial charge in [-0.15, -0.1) is 5.10 Å². The normalized spacial score (nSPS) is 15.8. The topological polar surface area (TPSA) is 66.1 Å². The molecule has 2 aromatic carbocycles. The lowest BCUT2D eigenvalue weighted by molar-refractivity contribution is 0.211. The number of ether oxygens (including phenoxy) is 1. The minimum atomic E-state index is -0.0721. The molecule has 1 saturated heterocycles. The first kappa shape index (κ1) is 21.7. The summed E-state index contributed by atoms with van der Waals surface area (Å²) in [5.74, 6) is 1.79. The Bertz CT molecular complexity index is 1200. The van der Waals surface area contributed by atoms with Crippen molar-refractivity contribution < 1.29 is 9.84 Å². The summed E-state index contributed by atoms with van der Waals surface area (Å²) >= 11 is 1.52. The van der Waals surface area contributed by atoms with Crippen LogP contribution >= 0.6 is 11.3 Å². The van der Waals surface area contributed by atoms with Crippen LogP contribution in [0.1, 0.15) is 36.2 Å². The maximum absolute atomic E-state index is 11.1. The van der Waals surface area contributed by atoms with Crippen molar-refractivity contribution in [2.75, 3.05) is 37.7 Å². The molecule has 4 aromatic rings. The highest BCUT2D eigenvalue weighted by atomic mass is 32.1. The Kier molecular flexibility index (Phi) is 6.20. The number of nitrogens with zero attached hydrogens (tertiary/aromatic N) is 5. The van der Waals surface area contributed by atoms with Crippen molar-refractivity contribution in [1.82, 2.24) is 19.5 Å². The molecule has 33 heavy (non-hydrogen) atoms. The molecule has 2 aromatic heterocycles. The fourth-order valence-corrected chi connectivity index (χ4v) is 5.57. The van der Waals surface area contributed by atoms with Gasteiger partial charge in [0.05, 0.1) is 17.5 Å². The standard InChI is InChI=1S/C25H29N5O2S/c1-3-21-26-25-30(27-21)24(31)23(33-25)22(18-10-12-20(13-11-18)32-4-2)29-16-14-28(15-17-29)19-8-6-5-7-9-19/h5-13,22,31H,3-4,14-17H2,1-2H3/t22-/m1/s1. The van der Waals surface area contributed by atoms with Gasteiger partial charge in [0.15, 0.2) is 5.82 Å². The number of hydrogen-bond acceptors (Lipinski definition) is 7.